The molecule has 1 aromatic heterocycles. The summed E-state index contributed by atoms with van der Waals surface area (Å²) in [5.74, 6) is -3.47. The van der Waals surface area contributed by atoms with Crippen LogP contribution in [0.3, 0.4) is 0 Å². The second kappa shape index (κ2) is 7.95. The molecule has 1 fully saturated rings. The van der Waals surface area contributed by atoms with Gasteiger partial charge in [0.05, 0.1) is 5.97 Å². The van der Waals surface area contributed by atoms with Crippen LogP contribution in [0.25, 0.3) is 17.4 Å². The number of aryl methyl sites for hydroxylation is 1. The number of carboxylic acid groups (broad SMARTS) is 1. The Hall–Kier alpha value is -3.35. The summed E-state index contributed by atoms with van der Waals surface area (Å²) in [6.07, 6.45) is 3.31. The van der Waals surface area contributed by atoms with Crippen LogP contribution in [0.1, 0.15) is 54.8 Å². The zero-order valence-corrected chi connectivity index (χ0v) is 16.4. The normalized spacial score (nSPS) is 18.9. The van der Waals surface area contributed by atoms with Gasteiger partial charge in [0.15, 0.2) is 0 Å². The third kappa shape index (κ3) is 4.39. The minimum Gasteiger partial charge on any atom is -0.545 e. The Balaban J connectivity index is 1.86. The van der Waals surface area contributed by atoms with E-state index in [1.807, 2.05) is 13.8 Å². The van der Waals surface area contributed by atoms with Crippen molar-refractivity contribution in [1.29, 1.82) is 0 Å². The Morgan fingerprint density at radius 3 is 2.45 bits per heavy atom. The summed E-state index contributed by atoms with van der Waals surface area (Å²) < 4.78 is 16.3. The van der Waals surface area contributed by atoms with Crippen molar-refractivity contribution in [3.05, 3.63) is 52.8 Å². The molecule has 1 aromatic carbocycles. The summed E-state index contributed by atoms with van der Waals surface area (Å²) in [6.45, 7) is 5.36. The fourth-order valence-electron chi connectivity index (χ4n) is 3.06. The van der Waals surface area contributed by atoms with E-state index in [-0.39, 0.29) is 16.9 Å². The van der Waals surface area contributed by atoms with Crippen molar-refractivity contribution >= 4 is 24.0 Å². The number of carbonyl (C=O) groups excluding carboxylic acids is 3. The van der Waals surface area contributed by atoms with Gasteiger partial charge in [-0.3, -0.25) is 0 Å². The predicted octanol–water partition coefficient (Wildman–Crippen LogP) is 3.01. The molecule has 7 nitrogen and oxygen atoms in total. The van der Waals surface area contributed by atoms with Gasteiger partial charge in [0, 0.05) is 25.0 Å². The fraction of sp³-hybridized carbons (Fsp3) is 0.318. The lowest BCUT2D eigenvalue weighted by Gasteiger charge is -2.33. The molecule has 1 aliphatic heterocycles. The van der Waals surface area contributed by atoms with Crippen molar-refractivity contribution in [3.63, 3.8) is 0 Å². The SMILES string of the molecule is CCCCC1(C)OC(=O)C(=Cc2ccc(-c3cc(C(=O)[O-])ccc3C)o2)C(=O)O1. The molecule has 0 radical (unpaired) electrons. The minimum atomic E-state index is -1.29. The van der Waals surface area contributed by atoms with Crippen molar-refractivity contribution in [3.8, 4) is 11.3 Å². The number of hydrogen-bond donors (Lipinski definition) is 0. The molecule has 152 valence electrons. The maximum Gasteiger partial charge on any atom is 0.348 e. The van der Waals surface area contributed by atoms with Crippen molar-refractivity contribution in [2.24, 2.45) is 0 Å². The lowest BCUT2D eigenvalue weighted by molar-refractivity contribution is -0.255. The van der Waals surface area contributed by atoms with Gasteiger partial charge in [0.2, 0.25) is 0 Å². The Kier molecular flexibility index (Phi) is 5.59. The summed E-state index contributed by atoms with van der Waals surface area (Å²) in [5, 5.41) is 11.1. The highest BCUT2D eigenvalue weighted by Crippen LogP contribution is 2.31. The molecule has 7 heteroatoms. The zero-order chi connectivity index (χ0) is 21.2. The van der Waals surface area contributed by atoms with Gasteiger partial charge in [-0.2, -0.15) is 0 Å². The molecule has 0 spiro atoms. The molecule has 1 aliphatic rings. The van der Waals surface area contributed by atoms with Gasteiger partial charge >= 0.3 is 11.9 Å². The largest absolute Gasteiger partial charge is 0.545 e. The van der Waals surface area contributed by atoms with Crippen LogP contribution in [-0.4, -0.2) is 23.7 Å². The van der Waals surface area contributed by atoms with Crippen LogP contribution < -0.4 is 5.11 Å². The molecular formula is C22H21O7-. The molecular weight excluding hydrogens is 376 g/mol. The van der Waals surface area contributed by atoms with E-state index in [2.05, 4.69) is 0 Å². The fourth-order valence-corrected chi connectivity index (χ4v) is 3.06. The van der Waals surface area contributed by atoms with E-state index in [4.69, 9.17) is 13.9 Å². The molecule has 0 unspecified atom stereocenters. The number of rotatable bonds is 6. The van der Waals surface area contributed by atoms with E-state index in [0.717, 1.165) is 18.4 Å². The molecule has 0 atom stereocenters. The average Bonchev–Trinajstić information content (AvgIpc) is 3.12. The number of carbonyl (C=O) groups is 3. The number of cyclic esters (lactones) is 2. The third-order valence-electron chi connectivity index (χ3n) is 4.69. The maximum atomic E-state index is 12.3. The molecule has 0 N–H and O–H groups in total. The second-order valence-corrected chi connectivity index (χ2v) is 7.09. The van der Waals surface area contributed by atoms with Crippen LogP contribution >= 0.6 is 0 Å². The number of furan rings is 1. The number of carboxylic acids is 1. The van der Waals surface area contributed by atoms with Crippen LogP contribution in [0.4, 0.5) is 0 Å². The van der Waals surface area contributed by atoms with E-state index in [0.29, 0.717) is 17.7 Å². The summed E-state index contributed by atoms with van der Waals surface area (Å²) >= 11 is 0. The molecule has 2 aromatic rings. The average molecular weight is 397 g/mol. The molecule has 1 saturated heterocycles. The molecule has 3 rings (SSSR count). The number of ether oxygens (including phenoxy) is 2. The Bertz CT molecular complexity index is 976. The first-order chi connectivity index (χ1) is 13.7. The van der Waals surface area contributed by atoms with Crippen LogP contribution in [0.15, 0.2) is 40.3 Å². The molecule has 0 aliphatic carbocycles. The monoisotopic (exact) mass is 397 g/mol. The van der Waals surface area contributed by atoms with Gasteiger partial charge in [-0.15, -0.1) is 0 Å². The first-order valence-corrected chi connectivity index (χ1v) is 9.33. The number of hydrogen-bond acceptors (Lipinski definition) is 7. The number of benzene rings is 1. The predicted molar refractivity (Wildman–Crippen MR) is 101 cm³/mol. The second-order valence-electron chi connectivity index (χ2n) is 7.09. The first-order valence-electron chi connectivity index (χ1n) is 9.33. The highest BCUT2D eigenvalue weighted by molar-refractivity contribution is 6.18. The highest BCUT2D eigenvalue weighted by Gasteiger charge is 2.42. The van der Waals surface area contributed by atoms with E-state index in [1.54, 1.807) is 25.1 Å². The lowest BCUT2D eigenvalue weighted by atomic mass is 10.0. The molecule has 0 saturated carbocycles. The topological polar surface area (TPSA) is 106 Å². The van der Waals surface area contributed by atoms with E-state index >= 15 is 0 Å². The maximum absolute atomic E-state index is 12.3. The molecule has 2 heterocycles. The summed E-state index contributed by atoms with van der Waals surface area (Å²) in [5.41, 5.74) is 1.12. The Morgan fingerprint density at radius 2 is 1.83 bits per heavy atom. The highest BCUT2D eigenvalue weighted by atomic mass is 16.7. The van der Waals surface area contributed by atoms with Crippen molar-refractivity contribution < 1.29 is 33.4 Å². The van der Waals surface area contributed by atoms with Gasteiger partial charge < -0.3 is 23.8 Å². The third-order valence-corrected chi connectivity index (χ3v) is 4.69. The van der Waals surface area contributed by atoms with Crippen molar-refractivity contribution in [1.82, 2.24) is 0 Å². The molecule has 0 amide bonds. The van der Waals surface area contributed by atoms with Crippen molar-refractivity contribution in [2.75, 3.05) is 0 Å². The minimum absolute atomic E-state index is 0.0210. The number of aromatic carboxylic acids is 1. The Morgan fingerprint density at radius 1 is 1.14 bits per heavy atom. The van der Waals surface area contributed by atoms with Crippen LogP contribution in [0.5, 0.6) is 0 Å². The van der Waals surface area contributed by atoms with Crippen LogP contribution in [0, 0.1) is 6.92 Å². The quantitative estimate of drug-likeness (QED) is 0.419. The lowest BCUT2D eigenvalue weighted by Crippen LogP contribution is -2.44. The molecule has 29 heavy (non-hydrogen) atoms. The van der Waals surface area contributed by atoms with Crippen LogP contribution in [0.2, 0.25) is 0 Å². The van der Waals surface area contributed by atoms with E-state index in [9.17, 15) is 19.5 Å². The number of esters is 2. The van der Waals surface area contributed by atoms with Gasteiger partial charge in [-0.1, -0.05) is 25.5 Å². The summed E-state index contributed by atoms with van der Waals surface area (Å²) in [6, 6.07) is 7.73. The zero-order valence-electron chi connectivity index (χ0n) is 16.4. The Labute approximate surface area is 167 Å². The van der Waals surface area contributed by atoms with Gasteiger partial charge in [0.1, 0.15) is 17.1 Å². The summed E-state index contributed by atoms with van der Waals surface area (Å²) in [7, 11) is 0. The summed E-state index contributed by atoms with van der Waals surface area (Å²) in [4.78, 5) is 35.8. The van der Waals surface area contributed by atoms with Crippen LogP contribution in [-0.2, 0) is 19.1 Å². The van der Waals surface area contributed by atoms with Crippen molar-refractivity contribution in [2.45, 2.75) is 45.8 Å². The molecule has 0 bridgehead atoms. The number of unbranched alkanes of at least 4 members (excludes halogenated alkanes) is 1. The van der Waals surface area contributed by atoms with E-state index < -0.39 is 23.7 Å². The van der Waals surface area contributed by atoms with Gasteiger partial charge in [-0.05, 0) is 42.7 Å². The first kappa shape index (κ1) is 20.4. The van der Waals surface area contributed by atoms with Gasteiger partial charge in [-0.25, -0.2) is 9.59 Å². The smallest absolute Gasteiger partial charge is 0.348 e. The standard InChI is InChI=1S/C22H22O7/c1-4-5-10-22(3)28-20(25)17(21(26)29-22)12-15-8-9-18(27-15)16-11-14(19(23)24)7-6-13(16)2/h6-9,11-12H,4-5,10H2,1-3H3,(H,23,24)/p-1. The van der Waals surface area contributed by atoms with Gasteiger partial charge in [0.25, 0.3) is 5.79 Å². The van der Waals surface area contributed by atoms with E-state index in [1.165, 1.54) is 18.2 Å².